The first-order valence-electron chi connectivity index (χ1n) is 11.5. The summed E-state index contributed by atoms with van der Waals surface area (Å²) in [5.41, 5.74) is 3.28. The lowest BCUT2D eigenvalue weighted by molar-refractivity contribution is 0.0511. The molecule has 0 spiro atoms. The van der Waals surface area contributed by atoms with Crippen molar-refractivity contribution in [2.45, 2.75) is 25.7 Å². The van der Waals surface area contributed by atoms with E-state index in [0.717, 1.165) is 53.9 Å². The average Bonchev–Trinajstić information content (AvgIpc) is 2.85. The Hall–Kier alpha value is -2.74. The van der Waals surface area contributed by atoms with Crippen LogP contribution in [0.5, 0.6) is 5.75 Å². The molecule has 2 aromatic carbocycles. The Morgan fingerprint density at radius 1 is 0.939 bits per heavy atom. The van der Waals surface area contributed by atoms with Crippen molar-refractivity contribution in [1.29, 1.82) is 0 Å². The lowest BCUT2D eigenvalue weighted by atomic mass is 9.89. The highest BCUT2D eigenvalue weighted by Crippen LogP contribution is 2.31. The third kappa shape index (κ3) is 6.41. The van der Waals surface area contributed by atoms with Gasteiger partial charge in [0.05, 0.1) is 0 Å². The Bertz CT molecular complexity index is 1080. The van der Waals surface area contributed by atoms with E-state index in [0.29, 0.717) is 20.4 Å². The van der Waals surface area contributed by atoms with Crippen molar-refractivity contribution in [2.75, 3.05) is 13.9 Å². The van der Waals surface area contributed by atoms with E-state index in [1.54, 1.807) is 7.11 Å². The maximum absolute atomic E-state index is 11.7. The van der Waals surface area contributed by atoms with Gasteiger partial charge < -0.3 is 9.47 Å². The monoisotopic (exact) mass is 458 g/mol. The van der Waals surface area contributed by atoms with E-state index in [9.17, 15) is 4.79 Å². The zero-order valence-corrected chi connectivity index (χ0v) is 20.1. The molecule has 33 heavy (non-hydrogen) atoms. The first-order chi connectivity index (χ1) is 16.3. The van der Waals surface area contributed by atoms with E-state index in [1.807, 2.05) is 24.3 Å². The predicted molar refractivity (Wildman–Crippen MR) is 139 cm³/mol. The van der Waals surface area contributed by atoms with E-state index < -0.39 is 0 Å². The quantitative estimate of drug-likeness (QED) is 0.269. The van der Waals surface area contributed by atoms with Crippen LogP contribution in [0.2, 0.25) is 0 Å². The summed E-state index contributed by atoms with van der Waals surface area (Å²) in [5.74, 6) is 1.86. The van der Waals surface area contributed by atoms with Crippen LogP contribution < -0.4 is 15.3 Å². The van der Waals surface area contributed by atoms with Crippen molar-refractivity contribution in [3.63, 3.8) is 0 Å². The minimum Gasteiger partial charge on any atom is -0.467 e. The molecule has 0 aromatic heterocycles. The number of allylic oxidation sites excluding steroid dienone is 8. The Kier molecular flexibility index (Phi) is 8.47. The number of aldehydes is 1. The first-order valence-corrected chi connectivity index (χ1v) is 12.5. The van der Waals surface area contributed by atoms with Crippen molar-refractivity contribution < 1.29 is 14.3 Å². The van der Waals surface area contributed by atoms with Gasteiger partial charge in [-0.1, -0.05) is 87.5 Å². The van der Waals surface area contributed by atoms with E-state index in [-0.39, 0.29) is 6.79 Å². The molecule has 3 atom stereocenters. The zero-order valence-electron chi connectivity index (χ0n) is 19.1. The lowest BCUT2D eigenvalue weighted by Crippen LogP contribution is -2.17. The number of hydrogen-bond donors (Lipinski definition) is 0. The molecule has 0 amide bonds. The molecule has 2 aromatic rings. The Balaban J connectivity index is 1.73. The summed E-state index contributed by atoms with van der Waals surface area (Å²) < 4.78 is 11.5. The number of ether oxygens (including phenoxy) is 2. The summed E-state index contributed by atoms with van der Waals surface area (Å²) in [6, 6.07) is 12.4. The van der Waals surface area contributed by atoms with Crippen molar-refractivity contribution in [3.8, 4) is 5.75 Å². The minimum atomic E-state index is 0.204. The third-order valence-corrected chi connectivity index (χ3v) is 7.39. The van der Waals surface area contributed by atoms with Gasteiger partial charge in [-0.2, -0.15) is 0 Å². The minimum absolute atomic E-state index is 0.204. The molecule has 0 bridgehead atoms. The first kappa shape index (κ1) is 23.4. The summed E-state index contributed by atoms with van der Waals surface area (Å²) in [6.07, 6.45) is 22.5. The maximum atomic E-state index is 11.7. The van der Waals surface area contributed by atoms with E-state index in [1.165, 1.54) is 11.1 Å². The second-order valence-corrected chi connectivity index (χ2v) is 9.87. The number of rotatable bonds is 10. The molecular weight excluding hydrogens is 427 g/mol. The maximum Gasteiger partial charge on any atom is 0.188 e. The standard InChI is InChI=1S/C29H31O3P/c1-31-21-32-29-26(17-23-12-6-3-7-13-23)18-24(16-22-10-4-2-5-11-22)19-28(29)33-27-15-9-8-14-25(27)20-30/h2-10,12,14-15,18-20,22-23,33H,11,13,16-17,21H2,1H3. The molecule has 4 rings (SSSR count). The van der Waals surface area contributed by atoms with Crippen LogP contribution >= 0.6 is 8.58 Å². The fraction of sp³-hybridized carbons (Fsp3) is 0.276. The molecule has 3 nitrogen and oxygen atoms in total. The molecule has 170 valence electrons. The highest BCUT2D eigenvalue weighted by molar-refractivity contribution is 7.56. The van der Waals surface area contributed by atoms with Gasteiger partial charge in [0.1, 0.15) is 5.75 Å². The normalized spacial score (nSPS) is 19.4. The molecule has 3 unspecified atom stereocenters. The number of hydrogen-bond acceptors (Lipinski definition) is 3. The Labute approximate surface area is 198 Å². The molecular formula is C29H31O3P. The predicted octanol–water partition coefficient (Wildman–Crippen LogP) is 5.46. The zero-order chi connectivity index (χ0) is 22.9. The SMILES string of the molecule is COCOc1c(CC2C=CC=CC2)cc(CC2C=CC=CC2)cc1Pc1ccccc1C=O. The summed E-state index contributed by atoms with van der Waals surface area (Å²) in [5, 5.41) is 2.18. The van der Waals surface area contributed by atoms with Gasteiger partial charge in [0, 0.05) is 18.0 Å². The van der Waals surface area contributed by atoms with Crippen molar-refractivity contribution in [3.05, 3.63) is 102 Å². The molecule has 0 N–H and O–H groups in total. The molecule has 0 heterocycles. The fourth-order valence-electron chi connectivity index (χ4n) is 4.42. The van der Waals surface area contributed by atoms with Crippen LogP contribution in [0.4, 0.5) is 0 Å². The van der Waals surface area contributed by atoms with Crippen molar-refractivity contribution in [2.24, 2.45) is 11.8 Å². The van der Waals surface area contributed by atoms with Gasteiger partial charge in [-0.05, 0) is 60.0 Å². The van der Waals surface area contributed by atoms with E-state index in [4.69, 9.17) is 9.47 Å². The smallest absolute Gasteiger partial charge is 0.188 e. The van der Waals surface area contributed by atoms with Gasteiger partial charge in [-0.3, -0.25) is 4.79 Å². The third-order valence-electron chi connectivity index (χ3n) is 6.02. The summed E-state index contributed by atoms with van der Waals surface area (Å²) in [4.78, 5) is 11.7. The van der Waals surface area contributed by atoms with Gasteiger partial charge in [0.2, 0.25) is 0 Å². The van der Waals surface area contributed by atoms with Crippen LogP contribution in [0.1, 0.15) is 34.3 Å². The van der Waals surface area contributed by atoms with Gasteiger partial charge in [0.15, 0.2) is 13.1 Å². The van der Waals surface area contributed by atoms with Crippen LogP contribution in [0.25, 0.3) is 0 Å². The van der Waals surface area contributed by atoms with Crippen LogP contribution in [0.15, 0.2) is 85.0 Å². The number of carbonyl (C=O) groups is 1. The van der Waals surface area contributed by atoms with Crippen molar-refractivity contribution in [1.82, 2.24) is 0 Å². The van der Waals surface area contributed by atoms with Crippen LogP contribution in [-0.4, -0.2) is 20.2 Å². The molecule has 0 saturated heterocycles. The number of benzene rings is 2. The summed E-state index contributed by atoms with van der Waals surface area (Å²) in [6.45, 7) is 0.204. The molecule has 0 fully saturated rings. The Morgan fingerprint density at radius 2 is 1.67 bits per heavy atom. The molecule has 0 aliphatic heterocycles. The lowest BCUT2D eigenvalue weighted by Gasteiger charge is -2.22. The molecule has 4 heteroatoms. The van der Waals surface area contributed by atoms with E-state index in [2.05, 4.69) is 60.7 Å². The summed E-state index contributed by atoms with van der Waals surface area (Å²) in [7, 11) is 1.98. The number of methoxy groups -OCH3 is 1. The second-order valence-electron chi connectivity index (χ2n) is 8.54. The van der Waals surface area contributed by atoms with Gasteiger partial charge >= 0.3 is 0 Å². The van der Waals surface area contributed by atoms with Crippen LogP contribution in [0.3, 0.4) is 0 Å². The molecule has 0 saturated carbocycles. The van der Waals surface area contributed by atoms with Gasteiger partial charge in [-0.15, -0.1) is 0 Å². The molecule has 2 aliphatic carbocycles. The van der Waals surface area contributed by atoms with E-state index >= 15 is 0 Å². The van der Waals surface area contributed by atoms with Gasteiger partial charge in [0.25, 0.3) is 0 Å². The largest absolute Gasteiger partial charge is 0.467 e. The average molecular weight is 459 g/mol. The Morgan fingerprint density at radius 3 is 2.33 bits per heavy atom. The highest BCUT2D eigenvalue weighted by Gasteiger charge is 2.19. The fourth-order valence-corrected chi connectivity index (χ4v) is 5.78. The summed E-state index contributed by atoms with van der Waals surface area (Å²) >= 11 is 0. The molecule has 0 radical (unpaired) electrons. The van der Waals surface area contributed by atoms with Gasteiger partial charge in [-0.25, -0.2) is 0 Å². The molecule has 2 aliphatic rings. The van der Waals surface area contributed by atoms with Crippen LogP contribution in [0, 0.1) is 11.8 Å². The topological polar surface area (TPSA) is 35.5 Å². The highest BCUT2D eigenvalue weighted by atomic mass is 31.1. The van der Waals surface area contributed by atoms with Crippen LogP contribution in [-0.2, 0) is 17.6 Å². The number of carbonyl (C=O) groups excluding carboxylic acids is 1. The second kappa shape index (κ2) is 11.9. The van der Waals surface area contributed by atoms with Crippen molar-refractivity contribution >= 4 is 25.5 Å².